The monoisotopic (exact) mass is 373 g/mol. The minimum atomic E-state index is -0.493. The lowest BCUT2D eigenvalue weighted by Gasteiger charge is -2.49. The molecule has 1 aromatic carbocycles. The first kappa shape index (κ1) is 16.9. The maximum Gasteiger partial charge on any atom is 0.303 e. The maximum absolute atomic E-state index is 11.9. The SMILES string of the molecule is CC(=O)O[C@H]1[C@@H](OC(C)=O)CC2CCN3Cc4cc5c(cc4[C@H]1C23)OCO5. The Hall–Kier alpha value is -2.28. The van der Waals surface area contributed by atoms with Crippen LogP contribution in [-0.2, 0) is 25.6 Å². The van der Waals surface area contributed by atoms with E-state index in [-0.39, 0.29) is 30.7 Å². The Balaban J connectivity index is 1.61. The molecule has 2 unspecified atom stereocenters. The molecular formula is C20H23NO6. The van der Waals surface area contributed by atoms with Crippen LogP contribution < -0.4 is 9.47 Å². The summed E-state index contributed by atoms with van der Waals surface area (Å²) in [6.07, 6.45) is 0.878. The first-order valence-corrected chi connectivity index (χ1v) is 9.52. The Morgan fingerprint density at radius 1 is 1.11 bits per heavy atom. The van der Waals surface area contributed by atoms with Gasteiger partial charge in [-0.15, -0.1) is 0 Å². The molecule has 0 aromatic heterocycles. The second-order valence-corrected chi connectivity index (χ2v) is 7.90. The van der Waals surface area contributed by atoms with Gasteiger partial charge in [-0.1, -0.05) is 0 Å². The average Bonchev–Trinajstić information content (AvgIpc) is 3.21. The molecule has 1 aromatic rings. The van der Waals surface area contributed by atoms with Crippen molar-refractivity contribution in [1.29, 1.82) is 0 Å². The van der Waals surface area contributed by atoms with Crippen LogP contribution in [0, 0.1) is 5.92 Å². The molecule has 0 amide bonds. The lowest BCUT2D eigenvalue weighted by Crippen LogP contribution is -2.55. The van der Waals surface area contributed by atoms with Gasteiger partial charge in [-0.25, -0.2) is 0 Å². The lowest BCUT2D eigenvalue weighted by molar-refractivity contribution is -0.176. The topological polar surface area (TPSA) is 74.3 Å². The number of fused-ring (bicyclic) bond motifs is 3. The number of esters is 2. The van der Waals surface area contributed by atoms with E-state index in [2.05, 4.69) is 4.90 Å². The second-order valence-electron chi connectivity index (χ2n) is 7.90. The van der Waals surface area contributed by atoms with Crippen LogP contribution in [0.15, 0.2) is 12.1 Å². The van der Waals surface area contributed by atoms with Crippen LogP contribution in [0.25, 0.3) is 0 Å². The number of hydrogen-bond donors (Lipinski definition) is 0. The molecule has 5 atom stereocenters. The minimum Gasteiger partial charge on any atom is -0.459 e. The molecule has 1 aliphatic carbocycles. The molecule has 7 heteroatoms. The van der Waals surface area contributed by atoms with Crippen LogP contribution in [0.1, 0.15) is 43.7 Å². The summed E-state index contributed by atoms with van der Waals surface area (Å²) in [6.45, 7) is 4.90. The fourth-order valence-corrected chi connectivity index (χ4v) is 5.47. The van der Waals surface area contributed by atoms with Crippen molar-refractivity contribution in [1.82, 2.24) is 4.90 Å². The molecule has 3 aliphatic heterocycles. The number of nitrogens with zero attached hydrogens (tertiary/aromatic N) is 1. The van der Waals surface area contributed by atoms with Gasteiger partial charge in [-0.3, -0.25) is 14.5 Å². The third-order valence-corrected chi connectivity index (χ3v) is 6.30. The minimum absolute atomic E-state index is 0.0437. The number of hydrogen-bond acceptors (Lipinski definition) is 7. The third kappa shape index (κ3) is 2.67. The summed E-state index contributed by atoms with van der Waals surface area (Å²) in [5, 5.41) is 0. The van der Waals surface area contributed by atoms with E-state index in [1.807, 2.05) is 12.1 Å². The van der Waals surface area contributed by atoms with Crippen LogP contribution in [0.5, 0.6) is 11.5 Å². The zero-order valence-electron chi connectivity index (χ0n) is 15.5. The Labute approximate surface area is 157 Å². The molecule has 5 rings (SSSR count). The summed E-state index contributed by atoms with van der Waals surface area (Å²) in [5.41, 5.74) is 2.29. The number of carbonyl (C=O) groups is 2. The largest absolute Gasteiger partial charge is 0.459 e. The van der Waals surface area contributed by atoms with Gasteiger partial charge in [0.15, 0.2) is 11.5 Å². The van der Waals surface area contributed by atoms with Crippen LogP contribution in [0.4, 0.5) is 0 Å². The molecule has 3 heterocycles. The first-order valence-electron chi connectivity index (χ1n) is 9.52. The molecule has 144 valence electrons. The Morgan fingerprint density at radius 3 is 2.59 bits per heavy atom. The fourth-order valence-electron chi connectivity index (χ4n) is 5.47. The molecule has 0 N–H and O–H groups in total. The predicted octanol–water partition coefficient (Wildman–Crippen LogP) is 1.97. The normalized spacial score (nSPS) is 33.2. The van der Waals surface area contributed by atoms with Crippen LogP contribution in [-0.4, -0.2) is 48.4 Å². The van der Waals surface area contributed by atoms with Crippen molar-refractivity contribution in [3.63, 3.8) is 0 Å². The van der Waals surface area contributed by atoms with Gasteiger partial charge in [0.1, 0.15) is 12.2 Å². The molecule has 4 aliphatic rings. The van der Waals surface area contributed by atoms with E-state index in [1.165, 1.54) is 19.4 Å². The third-order valence-electron chi connectivity index (χ3n) is 6.30. The number of rotatable bonds is 2. The predicted molar refractivity (Wildman–Crippen MR) is 93.3 cm³/mol. The summed E-state index contributed by atoms with van der Waals surface area (Å²) in [5.74, 6) is 1.18. The van der Waals surface area contributed by atoms with Crippen molar-refractivity contribution in [2.24, 2.45) is 5.92 Å². The highest BCUT2D eigenvalue weighted by molar-refractivity contribution is 5.68. The summed E-state index contributed by atoms with van der Waals surface area (Å²) in [6, 6.07) is 4.36. The fraction of sp³-hybridized carbons (Fsp3) is 0.600. The Kier molecular flexibility index (Phi) is 3.82. The Morgan fingerprint density at radius 2 is 1.85 bits per heavy atom. The van der Waals surface area contributed by atoms with Gasteiger partial charge in [0.2, 0.25) is 6.79 Å². The van der Waals surface area contributed by atoms with Crippen molar-refractivity contribution >= 4 is 11.9 Å². The smallest absolute Gasteiger partial charge is 0.303 e. The highest BCUT2D eigenvalue weighted by Gasteiger charge is 2.55. The van der Waals surface area contributed by atoms with Gasteiger partial charge < -0.3 is 18.9 Å². The van der Waals surface area contributed by atoms with Gasteiger partial charge in [0, 0.05) is 32.4 Å². The van der Waals surface area contributed by atoms with Crippen LogP contribution in [0.3, 0.4) is 0 Å². The molecule has 0 bridgehead atoms. The number of ether oxygens (including phenoxy) is 4. The molecule has 0 radical (unpaired) electrons. The van der Waals surface area contributed by atoms with Crippen LogP contribution >= 0.6 is 0 Å². The highest BCUT2D eigenvalue weighted by Crippen LogP contribution is 2.52. The van der Waals surface area contributed by atoms with Crippen molar-refractivity contribution in [2.45, 2.75) is 57.4 Å². The highest BCUT2D eigenvalue weighted by atomic mass is 16.7. The van der Waals surface area contributed by atoms with E-state index in [1.54, 1.807) is 0 Å². The quantitative estimate of drug-likeness (QED) is 0.734. The summed E-state index contributed by atoms with van der Waals surface area (Å²) < 4.78 is 22.5. The van der Waals surface area contributed by atoms with E-state index in [0.29, 0.717) is 5.92 Å². The summed E-state index contributed by atoms with van der Waals surface area (Å²) >= 11 is 0. The molecule has 2 fully saturated rings. The van der Waals surface area contributed by atoms with Crippen molar-refractivity contribution < 1.29 is 28.5 Å². The zero-order valence-corrected chi connectivity index (χ0v) is 15.5. The molecule has 1 saturated heterocycles. The molecule has 1 saturated carbocycles. The molecule has 7 nitrogen and oxygen atoms in total. The molecule has 0 spiro atoms. The summed E-state index contributed by atoms with van der Waals surface area (Å²) in [4.78, 5) is 26.0. The second kappa shape index (κ2) is 6.12. The van der Waals surface area contributed by atoms with Gasteiger partial charge in [-0.2, -0.15) is 0 Å². The lowest BCUT2D eigenvalue weighted by atomic mass is 9.68. The zero-order chi connectivity index (χ0) is 18.7. The van der Waals surface area contributed by atoms with Crippen LogP contribution in [0.2, 0.25) is 0 Å². The van der Waals surface area contributed by atoms with E-state index in [0.717, 1.165) is 43.0 Å². The van der Waals surface area contributed by atoms with Gasteiger partial charge in [0.25, 0.3) is 0 Å². The standard InChI is InChI=1S/C20H23NO6/c1-10(22)26-17-5-12-3-4-21-8-13-6-15-16(25-9-24-15)7-14(13)18(19(12)21)20(17)27-11(2)23/h6-7,12,17-20H,3-5,8-9H2,1-2H3/t12?,17-,18-,19?,20-/m0/s1. The van der Waals surface area contributed by atoms with Crippen molar-refractivity contribution in [3.05, 3.63) is 23.3 Å². The van der Waals surface area contributed by atoms with E-state index in [4.69, 9.17) is 18.9 Å². The van der Waals surface area contributed by atoms with Gasteiger partial charge in [-0.05, 0) is 48.6 Å². The van der Waals surface area contributed by atoms with E-state index in [9.17, 15) is 9.59 Å². The van der Waals surface area contributed by atoms with Gasteiger partial charge in [0.05, 0.1) is 0 Å². The van der Waals surface area contributed by atoms with Crippen molar-refractivity contribution in [3.8, 4) is 11.5 Å². The molecule has 27 heavy (non-hydrogen) atoms. The van der Waals surface area contributed by atoms with Crippen molar-refractivity contribution in [2.75, 3.05) is 13.3 Å². The van der Waals surface area contributed by atoms with E-state index < -0.39 is 12.2 Å². The Bertz CT molecular complexity index is 808. The first-order chi connectivity index (χ1) is 13.0. The van der Waals surface area contributed by atoms with E-state index >= 15 is 0 Å². The maximum atomic E-state index is 11.9. The average molecular weight is 373 g/mol. The number of carbonyl (C=O) groups excluding carboxylic acids is 2. The number of benzene rings is 1. The summed E-state index contributed by atoms with van der Waals surface area (Å²) in [7, 11) is 0. The van der Waals surface area contributed by atoms with Gasteiger partial charge >= 0.3 is 11.9 Å². The molecular weight excluding hydrogens is 350 g/mol.